The molecule has 1 aromatic rings. The van der Waals surface area contributed by atoms with Gasteiger partial charge >= 0.3 is 5.97 Å². The van der Waals surface area contributed by atoms with E-state index in [1.54, 1.807) is 0 Å². The number of carboxylic acids is 1. The van der Waals surface area contributed by atoms with E-state index in [0.29, 0.717) is 23.8 Å². The van der Waals surface area contributed by atoms with Crippen LogP contribution in [0.4, 0.5) is 0 Å². The van der Waals surface area contributed by atoms with E-state index in [-0.39, 0.29) is 12.3 Å². The van der Waals surface area contributed by atoms with E-state index in [9.17, 15) is 9.59 Å². The van der Waals surface area contributed by atoms with Gasteiger partial charge in [0.25, 0.3) is 5.91 Å². The number of carboxylic acid groups (broad SMARTS) is 1. The second-order valence-corrected chi connectivity index (χ2v) is 4.82. The van der Waals surface area contributed by atoms with Crippen molar-refractivity contribution in [2.75, 3.05) is 6.54 Å². The van der Waals surface area contributed by atoms with Gasteiger partial charge in [-0.3, -0.25) is 9.59 Å². The highest BCUT2D eigenvalue weighted by molar-refractivity contribution is 7.07. The summed E-state index contributed by atoms with van der Waals surface area (Å²) in [7, 11) is 0. The molecule has 0 aliphatic carbocycles. The zero-order valence-corrected chi connectivity index (χ0v) is 11.1. The molecule has 1 heterocycles. The predicted molar refractivity (Wildman–Crippen MR) is 67.5 cm³/mol. The van der Waals surface area contributed by atoms with Crippen molar-refractivity contribution in [1.82, 2.24) is 14.9 Å². The Balaban J connectivity index is 2.22. The highest BCUT2D eigenvalue weighted by atomic mass is 32.1. The molecular weight excluding hydrogens is 254 g/mol. The first-order chi connectivity index (χ1) is 8.63. The maximum atomic E-state index is 11.6. The third-order valence-electron chi connectivity index (χ3n) is 2.77. The minimum Gasteiger partial charge on any atom is -0.481 e. The predicted octanol–water partition coefficient (Wildman–Crippen LogP) is 1.55. The van der Waals surface area contributed by atoms with Crippen LogP contribution in [0.25, 0.3) is 0 Å². The van der Waals surface area contributed by atoms with Gasteiger partial charge in [0.1, 0.15) is 4.88 Å². The molecule has 0 aromatic carbocycles. The molecule has 0 bridgehead atoms. The van der Waals surface area contributed by atoms with Crippen LogP contribution in [0.15, 0.2) is 6.20 Å². The molecule has 0 saturated carbocycles. The van der Waals surface area contributed by atoms with Crippen LogP contribution >= 0.6 is 11.5 Å². The zero-order valence-electron chi connectivity index (χ0n) is 10.3. The van der Waals surface area contributed by atoms with Gasteiger partial charge in [-0.05, 0) is 30.3 Å². The molecule has 18 heavy (non-hydrogen) atoms. The highest BCUT2D eigenvalue weighted by Gasteiger charge is 2.11. The molecule has 1 rings (SSSR count). The van der Waals surface area contributed by atoms with E-state index < -0.39 is 5.97 Å². The van der Waals surface area contributed by atoms with Gasteiger partial charge in [-0.25, -0.2) is 0 Å². The normalized spacial score (nSPS) is 12.1. The van der Waals surface area contributed by atoms with Gasteiger partial charge in [0.2, 0.25) is 0 Å². The number of hydrogen-bond acceptors (Lipinski definition) is 5. The molecular formula is C11H17N3O3S. The summed E-state index contributed by atoms with van der Waals surface area (Å²) in [5.41, 5.74) is 0. The Hall–Kier alpha value is -1.50. The highest BCUT2D eigenvalue weighted by Crippen LogP contribution is 2.14. The monoisotopic (exact) mass is 271 g/mol. The molecule has 0 fully saturated rings. The summed E-state index contributed by atoms with van der Waals surface area (Å²) in [4.78, 5) is 22.5. The van der Waals surface area contributed by atoms with Crippen LogP contribution in [0.1, 0.15) is 42.3 Å². The van der Waals surface area contributed by atoms with Crippen LogP contribution < -0.4 is 5.32 Å². The fraction of sp³-hybridized carbons (Fsp3) is 0.636. The van der Waals surface area contributed by atoms with Crippen molar-refractivity contribution in [2.24, 2.45) is 5.92 Å². The first-order valence-corrected chi connectivity index (χ1v) is 6.68. The molecule has 6 nitrogen and oxygen atoms in total. The van der Waals surface area contributed by atoms with Gasteiger partial charge in [0, 0.05) is 13.0 Å². The van der Waals surface area contributed by atoms with Crippen LogP contribution in [0.5, 0.6) is 0 Å². The summed E-state index contributed by atoms with van der Waals surface area (Å²) >= 11 is 1.06. The molecule has 0 aliphatic heterocycles. The van der Waals surface area contributed by atoms with E-state index in [2.05, 4.69) is 14.9 Å². The summed E-state index contributed by atoms with van der Waals surface area (Å²) in [5, 5.41) is 15.0. The summed E-state index contributed by atoms with van der Waals surface area (Å²) in [6.45, 7) is 2.58. The van der Waals surface area contributed by atoms with Gasteiger partial charge in [0.05, 0.1) is 6.20 Å². The molecule has 0 radical (unpaired) electrons. The molecule has 1 atom stereocenters. The second-order valence-electron chi connectivity index (χ2n) is 4.03. The summed E-state index contributed by atoms with van der Waals surface area (Å²) in [6, 6.07) is 0. The quantitative estimate of drug-likeness (QED) is 0.748. The maximum absolute atomic E-state index is 11.6. The Kier molecular flexibility index (Phi) is 6.27. The Bertz CT molecular complexity index is 381. The standard InChI is InChI=1S/C11H17N3O3S/c1-2-8(3-4-10(15)16)5-6-12-11(17)9-7-13-14-18-9/h7-8H,2-6H2,1H3,(H,12,17)(H,15,16). The average molecular weight is 271 g/mol. The number of aromatic nitrogens is 2. The Morgan fingerprint density at radius 2 is 2.28 bits per heavy atom. The SMILES string of the molecule is CCC(CCNC(=O)c1cnns1)CCC(=O)O. The van der Waals surface area contributed by atoms with E-state index in [1.165, 1.54) is 6.20 Å². The largest absolute Gasteiger partial charge is 0.481 e. The maximum Gasteiger partial charge on any atom is 0.303 e. The number of nitrogens with zero attached hydrogens (tertiary/aromatic N) is 2. The van der Waals surface area contributed by atoms with Crippen molar-refractivity contribution in [3.8, 4) is 0 Å². The van der Waals surface area contributed by atoms with Gasteiger partial charge in [-0.15, -0.1) is 5.10 Å². The van der Waals surface area contributed by atoms with Gasteiger partial charge in [-0.2, -0.15) is 0 Å². The summed E-state index contributed by atoms with van der Waals surface area (Å²) in [5.74, 6) is -0.604. The molecule has 0 saturated heterocycles. The number of carbonyl (C=O) groups is 2. The number of rotatable bonds is 8. The minimum atomic E-state index is -0.770. The van der Waals surface area contributed by atoms with Crippen LogP contribution in [0.2, 0.25) is 0 Å². The molecule has 0 spiro atoms. The first-order valence-electron chi connectivity index (χ1n) is 5.90. The van der Waals surface area contributed by atoms with Crippen molar-refractivity contribution in [3.63, 3.8) is 0 Å². The molecule has 1 unspecified atom stereocenters. The lowest BCUT2D eigenvalue weighted by molar-refractivity contribution is -0.137. The van der Waals surface area contributed by atoms with Gasteiger partial charge in [0.15, 0.2) is 0 Å². The fourth-order valence-electron chi connectivity index (χ4n) is 1.62. The van der Waals surface area contributed by atoms with Crippen molar-refractivity contribution in [1.29, 1.82) is 0 Å². The molecule has 0 aliphatic rings. The summed E-state index contributed by atoms with van der Waals surface area (Å²) in [6.07, 6.45) is 3.99. The van der Waals surface area contributed by atoms with E-state index in [1.807, 2.05) is 6.92 Å². The van der Waals surface area contributed by atoms with Crippen molar-refractivity contribution in [2.45, 2.75) is 32.6 Å². The van der Waals surface area contributed by atoms with Crippen LogP contribution in [-0.4, -0.2) is 33.1 Å². The van der Waals surface area contributed by atoms with Crippen molar-refractivity contribution < 1.29 is 14.7 Å². The Morgan fingerprint density at radius 3 is 2.83 bits per heavy atom. The van der Waals surface area contributed by atoms with E-state index in [0.717, 1.165) is 24.4 Å². The van der Waals surface area contributed by atoms with Crippen LogP contribution in [0, 0.1) is 5.92 Å². The van der Waals surface area contributed by atoms with Crippen molar-refractivity contribution in [3.05, 3.63) is 11.1 Å². The lowest BCUT2D eigenvalue weighted by Gasteiger charge is -2.13. The van der Waals surface area contributed by atoms with Gasteiger partial charge < -0.3 is 10.4 Å². The fourth-order valence-corrected chi connectivity index (χ4v) is 2.06. The van der Waals surface area contributed by atoms with E-state index >= 15 is 0 Å². The number of aliphatic carboxylic acids is 1. The minimum absolute atomic E-state index is 0.168. The molecule has 100 valence electrons. The number of hydrogen-bond donors (Lipinski definition) is 2. The third-order valence-corrected chi connectivity index (χ3v) is 3.43. The van der Waals surface area contributed by atoms with Crippen LogP contribution in [0.3, 0.4) is 0 Å². The summed E-state index contributed by atoms with van der Waals surface area (Å²) < 4.78 is 3.62. The topological polar surface area (TPSA) is 92.2 Å². The third kappa shape index (κ3) is 5.22. The smallest absolute Gasteiger partial charge is 0.303 e. The number of nitrogens with one attached hydrogen (secondary N) is 1. The Morgan fingerprint density at radius 1 is 1.50 bits per heavy atom. The van der Waals surface area contributed by atoms with E-state index in [4.69, 9.17) is 5.11 Å². The lowest BCUT2D eigenvalue weighted by atomic mass is 9.97. The Labute approximate surface area is 110 Å². The molecule has 1 aromatic heterocycles. The molecule has 2 N–H and O–H groups in total. The first kappa shape index (κ1) is 14.6. The molecule has 1 amide bonds. The lowest BCUT2D eigenvalue weighted by Crippen LogP contribution is -2.25. The second kappa shape index (κ2) is 7.75. The number of amides is 1. The van der Waals surface area contributed by atoms with Crippen molar-refractivity contribution >= 4 is 23.4 Å². The molecule has 7 heteroatoms. The number of carbonyl (C=O) groups excluding carboxylic acids is 1. The zero-order chi connectivity index (χ0) is 13.4. The average Bonchev–Trinajstić information content (AvgIpc) is 2.86. The van der Waals surface area contributed by atoms with Gasteiger partial charge in [-0.1, -0.05) is 17.8 Å². The van der Waals surface area contributed by atoms with Crippen LogP contribution in [-0.2, 0) is 4.79 Å².